The molecular weight excluding hydrogens is 537 g/mol. The summed E-state index contributed by atoms with van der Waals surface area (Å²) in [5.41, 5.74) is -1.03. The van der Waals surface area contributed by atoms with E-state index in [1.54, 1.807) is 36.4 Å². The number of nitrogens with one attached hydrogen (secondary N) is 1. The molecule has 4 aliphatic rings. The second-order valence-corrected chi connectivity index (χ2v) is 12.6. The number of hydrogen-bond donors (Lipinski definition) is 2. The minimum Gasteiger partial charge on any atom is -0.383 e. The number of carbonyl (C=O) groups is 3. The highest BCUT2D eigenvalue weighted by molar-refractivity contribution is 6.05. The van der Waals surface area contributed by atoms with Crippen molar-refractivity contribution in [2.24, 2.45) is 5.41 Å². The number of likely N-dealkylation sites (tertiary alicyclic amines) is 1. The van der Waals surface area contributed by atoms with Crippen LogP contribution in [0.2, 0.25) is 0 Å². The molecule has 3 aliphatic heterocycles. The van der Waals surface area contributed by atoms with Gasteiger partial charge in [0, 0.05) is 31.5 Å². The first kappa shape index (κ1) is 27.8. The molecule has 4 heterocycles. The standard InChI is InChI=1S/C30H33F3N4O4/c1-27(2)17-36(15-18-3-5-19(6-4-18)28(11-12-28)30(31,32)33)14-13-29(27,41)23-9-7-20-21(34-23)16-37(26(20)40)22-8-10-24(38)35-25(22)39/h3-7,9,22,41H,8,10-17H2,1-2H3,(H,35,38,39). The van der Waals surface area contributed by atoms with Crippen LogP contribution >= 0.6 is 0 Å². The van der Waals surface area contributed by atoms with Crippen LogP contribution in [-0.4, -0.2) is 62.9 Å². The van der Waals surface area contributed by atoms with Crippen LogP contribution in [-0.2, 0) is 33.7 Å². The molecule has 0 bridgehead atoms. The Morgan fingerprint density at radius 2 is 1.76 bits per heavy atom. The van der Waals surface area contributed by atoms with Crippen LogP contribution in [0.25, 0.3) is 0 Å². The number of carbonyl (C=O) groups excluding carboxylic acids is 3. The second kappa shape index (κ2) is 9.35. The SMILES string of the molecule is CC1(C)CN(Cc2ccc(C3(C(F)(F)F)CC3)cc2)CCC1(O)c1ccc2c(n1)CN(C1CCC(=O)NC1=O)C2=O. The van der Waals surface area contributed by atoms with Gasteiger partial charge in [0.15, 0.2) is 0 Å². The maximum Gasteiger partial charge on any atom is 0.398 e. The monoisotopic (exact) mass is 570 g/mol. The lowest BCUT2D eigenvalue weighted by Crippen LogP contribution is -2.55. The first-order valence-electron chi connectivity index (χ1n) is 14.0. The van der Waals surface area contributed by atoms with Crippen molar-refractivity contribution in [3.63, 3.8) is 0 Å². The number of piperidine rings is 2. The predicted molar refractivity (Wildman–Crippen MR) is 141 cm³/mol. The molecule has 0 spiro atoms. The zero-order valence-electron chi connectivity index (χ0n) is 23.1. The van der Waals surface area contributed by atoms with Crippen LogP contribution in [0.4, 0.5) is 13.2 Å². The Morgan fingerprint density at radius 3 is 2.37 bits per heavy atom. The van der Waals surface area contributed by atoms with E-state index >= 15 is 0 Å². The summed E-state index contributed by atoms with van der Waals surface area (Å²) in [7, 11) is 0. The summed E-state index contributed by atoms with van der Waals surface area (Å²) in [6.45, 7) is 5.66. The molecule has 2 N–H and O–H groups in total. The Bertz CT molecular complexity index is 1420. The minimum absolute atomic E-state index is 0.128. The predicted octanol–water partition coefficient (Wildman–Crippen LogP) is 3.56. The third kappa shape index (κ3) is 4.53. The molecule has 8 nitrogen and oxygen atoms in total. The van der Waals surface area contributed by atoms with Crippen LogP contribution in [0.15, 0.2) is 36.4 Å². The van der Waals surface area contributed by atoms with Gasteiger partial charge in [-0.15, -0.1) is 0 Å². The van der Waals surface area contributed by atoms with E-state index in [-0.39, 0.29) is 44.0 Å². The number of rotatable bonds is 5. The number of pyridine rings is 1. The van der Waals surface area contributed by atoms with E-state index in [0.717, 1.165) is 5.56 Å². The molecule has 41 heavy (non-hydrogen) atoms. The van der Waals surface area contributed by atoms with Gasteiger partial charge in [0.2, 0.25) is 11.8 Å². The lowest BCUT2D eigenvalue weighted by atomic mass is 9.68. The highest BCUT2D eigenvalue weighted by Gasteiger charge is 2.64. The van der Waals surface area contributed by atoms with Gasteiger partial charge in [0.1, 0.15) is 11.6 Å². The molecule has 0 radical (unpaired) electrons. The normalized spacial score (nSPS) is 27.5. The lowest BCUT2D eigenvalue weighted by Gasteiger charge is -2.50. The highest BCUT2D eigenvalue weighted by atomic mass is 19.4. The first-order chi connectivity index (χ1) is 19.2. The van der Waals surface area contributed by atoms with E-state index in [2.05, 4.69) is 10.2 Å². The van der Waals surface area contributed by atoms with Crippen LogP contribution in [0, 0.1) is 5.41 Å². The van der Waals surface area contributed by atoms with Gasteiger partial charge in [-0.2, -0.15) is 13.2 Å². The van der Waals surface area contributed by atoms with Crippen LogP contribution in [0.5, 0.6) is 0 Å². The van der Waals surface area contributed by atoms with E-state index in [0.29, 0.717) is 48.6 Å². The molecule has 1 aromatic heterocycles. The van der Waals surface area contributed by atoms with Crippen molar-refractivity contribution in [1.82, 2.24) is 20.1 Å². The summed E-state index contributed by atoms with van der Waals surface area (Å²) in [5.74, 6) is -1.16. The van der Waals surface area contributed by atoms with Gasteiger partial charge in [0.05, 0.1) is 28.9 Å². The van der Waals surface area contributed by atoms with Crippen molar-refractivity contribution in [1.29, 1.82) is 0 Å². The maximum atomic E-state index is 13.5. The van der Waals surface area contributed by atoms with E-state index in [9.17, 15) is 32.7 Å². The van der Waals surface area contributed by atoms with Gasteiger partial charge in [-0.25, -0.2) is 0 Å². The maximum absolute atomic E-state index is 13.5. The summed E-state index contributed by atoms with van der Waals surface area (Å²) in [6, 6.07) is 9.31. The molecule has 1 saturated carbocycles. The molecule has 3 amide bonds. The number of amides is 3. The Hall–Kier alpha value is -3.31. The number of benzene rings is 1. The summed E-state index contributed by atoms with van der Waals surface area (Å²) in [6.07, 6.45) is -3.17. The van der Waals surface area contributed by atoms with Gasteiger partial charge in [-0.1, -0.05) is 38.1 Å². The Morgan fingerprint density at radius 1 is 1.05 bits per heavy atom. The number of hydrogen-bond acceptors (Lipinski definition) is 6. The van der Waals surface area contributed by atoms with E-state index < -0.39 is 34.6 Å². The number of nitrogens with zero attached hydrogens (tertiary/aromatic N) is 3. The van der Waals surface area contributed by atoms with Gasteiger partial charge in [-0.3, -0.25) is 29.6 Å². The fourth-order valence-electron chi connectivity index (χ4n) is 6.75. The molecule has 1 aromatic carbocycles. The molecule has 218 valence electrons. The zero-order chi connectivity index (χ0) is 29.4. The average molecular weight is 571 g/mol. The number of aliphatic hydroxyl groups is 1. The van der Waals surface area contributed by atoms with Crippen LogP contribution in [0.1, 0.15) is 78.8 Å². The molecule has 3 fully saturated rings. The number of halogens is 3. The molecule has 2 unspecified atom stereocenters. The lowest BCUT2D eigenvalue weighted by molar-refractivity contribution is -0.160. The number of aromatic nitrogens is 1. The summed E-state index contributed by atoms with van der Waals surface area (Å²) in [5, 5.41) is 14.2. The molecule has 2 saturated heterocycles. The summed E-state index contributed by atoms with van der Waals surface area (Å²) >= 11 is 0. The third-order valence-electron chi connectivity index (χ3n) is 9.53. The summed E-state index contributed by atoms with van der Waals surface area (Å²) < 4.78 is 40.5. The third-order valence-corrected chi connectivity index (χ3v) is 9.53. The van der Waals surface area contributed by atoms with Gasteiger partial charge in [-0.05, 0) is 48.9 Å². The van der Waals surface area contributed by atoms with Gasteiger partial charge < -0.3 is 10.0 Å². The molecule has 6 rings (SSSR count). The quantitative estimate of drug-likeness (QED) is 0.533. The Balaban J connectivity index is 1.15. The van der Waals surface area contributed by atoms with Crippen molar-refractivity contribution < 1.29 is 32.7 Å². The largest absolute Gasteiger partial charge is 0.398 e. The minimum atomic E-state index is -4.24. The Labute approximate surface area is 235 Å². The molecular formula is C30H33F3N4O4. The first-order valence-corrected chi connectivity index (χ1v) is 14.0. The molecule has 1 aliphatic carbocycles. The van der Waals surface area contributed by atoms with Crippen molar-refractivity contribution in [2.75, 3.05) is 13.1 Å². The smallest absolute Gasteiger partial charge is 0.383 e. The van der Waals surface area contributed by atoms with Crippen LogP contribution in [0.3, 0.4) is 0 Å². The van der Waals surface area contributed by atoms with Crippen molar-refractivity contribution >= 4 is 17.7 Å². The second-order valence-electron chi connectivity index (χ2n) is 12.6. The summed E-state index contributed by atoms with van der Waals surface area (Å²) in [4.78, 5) is 45.3. The fourth-order valence-corrected chi connectivity index (χ4v) is 6.75. The van der Waals surface area contributed by atoms with E-state index in [4.69, 9.17) is 4.98 Å². The number of alkyl halides is 3. The van der Waals surface area contributed by atoms with E-state index in [1.807, 2.05) is 13.8 Å². The van der Waals surface area contributed by atoms with Crippen LogP contribution < -0.4 is 5.32 Å². The topological polar surface area (TPSA) is 103 Å². The van der Waals surface area contributed by atoms with Crippen molar-refractivity contribution in [3.05, 3.63) is 64.5 Å². The average Bonchev–Trinajstić information content (AvgIpc) is 3.66. The molecule has 2 atom stereocenters. The number of fused-ring (bicyclic) bond motifs is 1. The van der Waals surface area contributed by atoms with Crippen molar-refractivity contribution in [3.8, 4) is 0 Å². The number of imide groups is 1. The van der Waals surface area contributed by atoms with Crippen molar-refractivity contribution in [2.45, 2.75) is 82.3 Å². The van der Waals surface area contributed by atoms with Gasteiger partial charge in [0.25, 0.3) is 5.91 Å². The van der Waals surface area contributed by atoms with E-state index in [1.165, 1.54) is 4.90 Å². The fraction of sp³-hybridized carbons (Fsp3) is 0.533. The van der Waals surface area contributed by atoms with Gasteiger partial charge >= 0.3 is 6.18 Å². The highest BCUT2D eigenvalue weighted by Crippen LogP contribution is 2.58. The Kier molecular flexibility index (Phi) is 6.35. The zero-order valence-corrected chi connectivity index (χ0v) is 23.1. The molecule has 11 heteroatoms. The molecule has 2 aromatic rings.